The number of nitrogens with zero attached hydrogens (tertiary/aromatic N) is 4. The SMILES string of the molecule is NC(=O)CSc1nnc(N/N=C/c2ccc(Cl)cc2)n1N. The van der Waals surface area contributed by atoms with E-state index in [1.54, 1.807) is 18.3 Å². The van der Waals surface area contributed by atoms with Gasteiger partial charge in [-0.1, -0.05) is 35.5 Å². The zero-order valence-electron chi connectivity index (χ0n) is 10.7. The summed E-state index contributed by atoms with van der Waals surface area (Å²) in [5, 5.41) is 12.6. The molecule has 10 heteroatoms. The predicted molar refractivity (Wildman–Crippen MR) is 82.8 cm³/mol. The van der Waals surface area contributed by atoms with E-state index >= 15 is 0 Å². The summed E-state index contributed by atoms with van der Waals surface area (Å²) in [6.07, 6.45) is 1.58. The van der Waals surface area contributed by atoms with E-state index in [-0.39, 0.29) is 11.7 Å². The van der Waals surface area contributed by atoms with Gasteiger partial charge in [-0.05, 0) is 17.7 Å². The Kier molecular flexibility index (Phi) is 5.01. The molecule has 0 aliphatic rings. The molecule has 5 N–H and O–H groups in total. The second-order valence-electron chi connectivity index (χ2n) is 3.85. The van der Waals surface area contributed by atoms with Gasteiger partial charge in [-0.25, -0.2) is 10.1 Å². The molecule has 1 aromatic carbocycles. The van der Waals surface area contributed by atoms with Crippen LogP contribution in [0.2, 0.25) is 5.02 Å². The van der Waals surface area contributed by atoms with E-state index in [1.165, 1.54) is 4.68 Å². The number of primary amides is 1. The Balaban J connectivity index is 1.97. The lowest BCUT2D eigenvalue weighted by Crippen LogP contribution is -2.16. The molecule has 110 valence electrons. The summed E-state index contributed by atoms with van der Waals surface area (Å²) in [4.78, 5) is 10.7. The highest BCUT2D eigenvalue weighted by Gasteiger charge is 2.10. The summed E-state index contributed by atoms with van der Waals surface area (Å²) >= 11 is 6.87. The molecule has 0 aliphatic carbocycles. The topological polar surface area (TPSA) is 124 Å². The van der Waals surface area contributed by atoms with Gasteiger partial charge in [-0.2, -0.15) is 5.10 Å². The van der Waals surface area contributed by atoms with Crippen molar-refractivity contribution < 1.29 is 4.79 Å². The van der Waals surface area contributed by atoms with Gasteiger partial charge in [0.2, 0.25) is 11.1 Å². The Bertz CT molecular complexity index is 655. The van der Waals surface area contributed by atoms with Crippen molar-refractivity contribution in [2.45, 2.75) is 5.16 Å². The minimum absolute atomic E-state index is 0.0728. The van der Waals surface area contributed by atoms with Crippen molar-refractivity contribution in [1.29, 1.82) is 0 Å². The molecule has 0 unspecified atom stereocenters. The van der Waals surface area contributed by atoms with Crippen molar-refractivity contribution >= 4 is 41.4 Å². The van der Waals surface area contributed by atoms with Crippen LogP contribution in [-0.4, -0.2) is 32.7 Å². The molecular formula is C11H12ClN7OS. The number of hydrogen-bond acceptors (Lipinski definition) is 7. The van der Waals surface area contributed by atoms with Gasteiger partial charge in [-0.15, -0.1) is 10.2 Å². The number of amides is 1. The van der Waals surface area contributed by atoms with Gasteiger partial charge in [-0.3, -0.25) is 4.79 Å². The van der Waals surface area contributed by atoms with Crippen LogP contribution in [0.5, 0.6) is 0 Å². The number of carbonyl (C=O) groups is 1. The van der Waals surface area contributed by atoms with Crippen LogP contribution >= 0.6 is 23.4 Å². The summed E-state index contributed by atoms with van der Waals surface area (Å²) < 4.78 is 1.19. The molecule has 1 heterocycles. The zero-order valence-corrected chi connectivity index (χ0v) is 12.3. The van der Waals surface area contributed by atoms with Gasteiger partial charge in [0, 0.05) is 5.02 Å². The number of hydrazone groups is 1. The number of nitrogens with two attached hydrogens (primary N) is 2. The first-order valence-corrected chi connectivity index (χ1v) is 7.09. The lowest BCUT2D eigenvalue weighted by molar-refractivity contribution is -0.115. The number of anilines is 1. The number of carbonyl (C=O) groups excluding carboxylic acids is 1. The third-order valence-corrected chi connectivity index (χ3v) is 3.47. The number of aromatic nitrogens is 3. The molecule has 0 bridgehead atoms. The molecule has 21 heavy (non-hydrogen) atoms. The first-order chi connectivity index (χ1) is 10.1. The van der Waals surface area contributed by atoms with Gasteiger partial charge in [0.15, 0.2) is 0 Å². The van der Waals surface area contributed by atoms with Crippen molar-refractivity contribution in [3.8, 4) is 0 Å². The van der Waals surface area contributed by atoms with Crippen molar-refractivity contribution in [3.05, 3.63) is 34.9 Å². The number of rotatable bonds is 6. The van der Waals surface area contributed by atoms with Crippen LogP contribution in [0.3, 0.4) is 0 Å². The van der Waals surface area contributed by atoms with Crippen LogP contribution in [0, 0.1) is 0 Å². The first kappa shape index (κ1) is 15.1. The molecule has 0 spiro atoms. The Morgan fingerprint density at radius 1 is 1.43 bits per heavy atom. The molecule has 2 rings (SSSR count). The minimum atomic E-state index is -0.460. The van der Waals surface area contributed by atoms with Gasteiger partial charge >= 0.3 is 0 Å². The number of hydrogen-bond donors (Lipinski definition) is 3. The average Bonchev–Trinajstić information content (AvgIpc) is 2.80. The Hall–Kier alpha value is -2.26. The van der Waals surface area contributed by atoms with Crippen molar-refractivity contribution in [3.63, 3.8) is 0 Å². The number of thioether (sulfide) groups is 1. The normalized spacial score (nSPS) is 10.9. The fourth-order valence-electron chi connectivity index (χ4n) is 1.30. The smallest absolute Gasteiger partial charge is 0.264 e. The minimum Gasteiger partial charge on any atom is -0.369 e. The maximum absolute atomic E-state index is 10.7. The molecule has 0 radical (unpaired) electrons. The first-order valence-electron chi connectivity index (χ1n) is 5.72. The summed E-state index contributed by atoms with van der Waals surface area (Å²) in [5.41, 5.74) is 8.56. The standard InChI is InChI=1S/C11H12ClN7OS/c12-8-3-1-7(2-4-8)5-15-16-10-17-18-11(19(10)14)21-6-9(13)20/h1-5H,6,14H2,(H2,13,20)(H,16,17)/b15-5+. The molecular weight excluding hydrogens is 314 g/mol. The Labute approximate surface area is 129 Å². The fourth-order valence-corrected chi connectivity index (χ4v) is 2.02. The molecule has 0 fully saturated rings. The third kappa shape index (κ3) is 4.36. The largest absolute Gasteiger partial charge is 0.369 e. The molecule has 1 aromatic heterocycles. The molecule has 0 atom stereocenters. The second kappa shape index (κ2) is 6.95. The van der Waals surface area contributed by atoms with Crippen LogP contribution in [0.25, 0.3) is 0 Å². The van der Waals surface area contributed by atoms with Crippen LogP contribution in [0.1, 0.15) is 5.56 Å². The summed E-state index contributed by atoms with van der Waals surface area (Å²) in [5.74, 6) is 5.61. The van der Waals surface area contributed by atoms with E-state index in [0.717, 1.165) is 17.3 Å². The van der Waals surface area contributed by atoms with Gasteiger partial charge in [0.25, 0.3) is 5.95 Å². The molecule has 1 amide bonds. The quantitative estimate of drug-likeness (QED) is 0.310. The highest BCUT2D eigenvalue weighted by Crippen LogP contribution is 2.15. The van der Waals surface area contributed by atoms with Crippen molar-refractivity contribution in [1.82, 2.24) is 14.9 Å². The number of nitrogen functional groups attached to an aromatic ring is 1. The summed E-state index contributed by atoms with van der Waals surface area (Å²) in [7, 11) is 0. The maximum atomic E-state index is 10.7. The number of benzene rings is 1. The highest BCUT2D eigenvalue weighted by atomic mass is 35.5. The number of nitrogens with one attached hydrogen (secondary N) is 1. The monoisotopic (exact) mass is 325 g/mol. The van der Waals surface area contributed by atoms with E-state index < -0.39 is 5.91 Å². The van der Waals surface area contributed by atoms with E-state index in [0.29, 0.717) is 10.2 Å². The zero-order chi connectivity index (χ0) is 15.2. The lowest BCUT2D eigenvalue weighted by atomic mass is 10.2. The number of halogens is 1. The van der Waals surface area contributed by atoms with Crippen LogP contribution in [0.15, 0.2) is 34.5 Å². The van der Waals surface area contributed by atoms with Gasteiger partial charge < -0.3 is 11.6 Å². The Morgan fingerprint density at radius 3 is 2.81 bits per heavy atom. The summed E-state index contributed by atoms with van der Waals surface area (Å²) in [6.45, 7) is 0. The van der Waals surface area contributed by atoms with Crippen molar-refractivity contribution in [2.75, 3.05) is 17.0 Å². The lowest BCUT2D eigenvalue weighted by Gasteiger charge is -2.01. The highest BCUT2D eigenvalue weighted by molar-refractivity contribution is 7.99. The fraction of sp³-hybridized carbons (Fsp3) is 0.0909. The van der Waals surface area contributed by atoms with Crippen LogP contribution < -0.4 is 17.0 Å². The second-order valence-corrected chi connectivity index (χ2v) is 5.23. The summed E-state index contributed by atoms with van der Waals surface area (Å²) in [6, 6.07) is 7.14. The molecule has 8 nitrogen and oxygen atoms in total. The average molecular weight is 326 g/mol. The van der Waals surface area contributed by atoms with E-state index in [2.05, 4.69) is 20.7 Å². The van der Waals surface area contributed by atoms with Crippen molar-refractivity contribution in [2.24, 2.45) is 10.8 Å². The Morgan fingerprint density at radius 2 is 2.14 bits per heavy atom. The molecule has 0 saturated heterocycles. The molecule has 2 aromatic rings. The molecule has 0 aliphatic heterocycles. The maximum Gasteiger partial charge on any atom is 0.264 e. The molecule has 0 saturated carbocycles. The predicted octanol–water partition coefficient (Wildman–Crippen LogP) is 0.669. The van der Waals surface area contributed by atoms with Crippen LogP contribution in [0.4, 0.5) is 5.95 Å². The van der Waals surface area contributed by atoms with E-state index in [4.69, 9.17) is 23.2 Å². The van der Waals surface area contributed by atoms with E-state index in [9.17, 15) is 4.79 Å². The van der Waals surface area contributed by atoms with Crippen LogP contribution in [-0.2, 0) is 4.79 Å². The third-order valence-electron chi connectivity index (χ3n) is 2.26. The van der Waals surface area contributed by atoms with E-state index in [1.807, 2.05) is 12.1 Å². The van der Waals surface area contributed by atoms with Gasteiger partial charge in [0.05, 0.1) is 12.0 Å². The van der Waals surface area contributed by atoms with Gasteiger partial charge in [0.1, 0.15) is 0 Å².